The average Bonchev–Trinajstić information content (AvgIpc) is 2.80. The fourth-order valence-electron chi connectivity index (χ4n) is 2.89. The summed E-state index contributed by atoms with van der Waals surface area (Å²) in [5.74, 6) is 1.32. The van der Waals surface area contributed by atoms with Crippen molar-refractivity contribution in [1.29, 1.82) is 0 Å². The van der Waals surface area contributed by atoms with Crippen LogP contribution in [0.5, 0.6) is 17.2 Å². The van der Waals surface area contributed by atoms with E-state index >= 15 is 0 Å². The molecule has 0 saturated heterocycles. The number of carbonyl (C=O) groups is 1. The van der Waals surface area contributed by atoms with Gasteiger partial charge in [0, 0.05) is 11.6 Å². The van der Waals surface area contributed by atoms with Crippen molar-refractivity contribution in [2.75, 3.05) is 11.3 Å². The van der Waals surface area contributed by atoms with Crippen molar-refractivity contribution in [2.45, 2.75) is 31.8 Å². The second kappa shape index (κ2) is 11.3. The number of para-hydroxylation sites is 1. The van der Waals surface area contributed by atoms with Gasteiger partial charge in [-0.1, -0.05) is 43.6 Å². The molecule has 0 fully saturated rings. The fraction of sp³-hybridized carbons (Fsp3) is 0.240. The number of hydrogen-bond donors (Lipinski definition) is 2. The third-order valence-electron chi connectivity index (χ3n) is 4.66. The van der Waals surface area contributed by atoms with Crippen LogP contribution in [0.1, 0.15) is 20.8 Å². The van der Waals surface area contributed by atoms with Crippen LogP contribution >= 0.6 is 11.6 Å². The topological polar surface area (TPSA) is 93.7 Å². The molecule has 3 aromatic carbocycles. The van der Waals surface area contributed by atoms with Crippen molar-refractivity contribution in [3.8, 4) is 17.2 Å². The smallest absolute Gasteiger partial charge is 0.262 e. The van der Waals surface area contributed by atoms with Gasteiger partial charge < -0.3 is 14.8 Å². The quantitative estimate of drug-likeness (QED) is 0.383. The van der Waals surface area contributed by atoms with Gasteiger partial charge in [0.1, 0.15) is 11.5 Å². The molecule has 2 N–H and O–H groups in total. The first-order valence-electron chi connectivity index (χ1n) is 10.7. The molecule has 1 amide bonds. The molecule has 0 radical (unpaired) electrons. The molecule has 180 valence electrons. The summed E-state index contributed by atoms with van der Waals surface area (Å²) in [7, 11) is -3.95. The second-order valence-corrected chi connectivity index (χ2v) is 10.2. The van der Waals surface area contributed by atoms with E-state index in [0.717, 1.165) is 0 Å². The Morgan fingerprint density at radius 1 is 0.941 bits per heavy atom. The van der Waals surface area contributed by atoms with Gasteiger partial charge in [-0.15, -0.1) is 0 Å². The lowest BCUT2D eigenvalue weighted by Gasteiger charge is -2.16. The second-order valence-electron chi connectivity index (χ2n) is 8.03. The van der Waals surface area contributed by atoms with Crippen LogP contribution in [0.15, 0.2) is 77.7 Å². The first-order chi connectivity index (χ1) is 16.1. The largest absolute Gasteiger partial charge is 0.481 e. The lowest BCUT2D eigenvalue weighted by atomic mass is 10.2. The lowest BCUT2D eigenvalue weighted by molar-refractivity contribution is -0.127. The minimum atomic E-state index is -3.95. The summed E-state index contributed by atoms with van der Waals surface area (Å²) in [5.41, 5.74) is 0.201. The van der Waals surface area contributed by atoms with E-state index in [-0.39, 0.29) is 16.5 Å². The zero-order valence-corrected chi connectivity index (χ0v) is 20.7. The maximum absolute atomic E-state index is 13.0. The normalized spacial score (nSPS) is 12.1. The Bertz CT molecular complexity index is 1220. The summed E-state index contributed by atoms with van der Waals surface area (Å²) < 4.78 is 40.0. The van der Waals surface area contributed by atoms with Crippen LogP contribution in [0.4, 0.5) is 5.69 Å². The van der Waals surface area contributed by atoms with Crippen LogP contribution < -0.4 is 19.5 Å². The highest BCUT2D eigenvalue weighted by molar-refractivity contribution is 7.92. The average molecular weight is 503 g/mol. The Hall–Kier alpha value is -3.23. The van der Waals surface area contributed by atoms with Crippen molar-refractivity contribution in [3.63, 3.8) is 0 Å². The third kappa shape index (κ3) is 7.13. The summed E-state index contributed by atoms with van der Waals surface area (Å²) in [6, 6.07) is 19.5. The highest BCUT2D eigenvalue weighted by atomic mass is 35.5. The van der Waals surface area contributed by atoms with Gasteiger partial charge in [-0.2, -0.15) is 0 Å². The molecule has 0 aromatic heterocycles. The van der Waals surface area contributed by atoms with E-state index in [9.17, 15) is 13.2 Å². The molecule has 34 heavy (non-hydrogen) atoms. The third-order valence-corrected chi connectivity index (χ3v) is 6.27. The summed E-state index contributed by atoms with van der Waals surface area (Å²) in [6.45, 7) is 6.18. The standard InChI is InChI=1S/C25H27ClN2O5S/c1-17(2)16-27-25(29)18(3)32-21-10-12-22(13-11-21)34(30,31)28-23-15-19(26)9-14-24(23)33-20-7-5-4-6-8-20/h4-15,17-18,28H,16H2,1-3H3,(H,27,29)/t18-/m1/s1. The zero-order valence-electron chi connectivity index (χ0n) is 19.1. The molecule has 9 heteroatoms. The minimum absolute atomic E-state index is 0.0161. The number of anilines is 1. The molecule has 3 aromatic rings. The molecule has 0 unspecified atom stereocenters. The van der Waals surface area contributed by atoms with Gasteiger partial charge in [0.25, 0.3) is 15.9 Å². The van der Waals surface area contributed by atoms with Gasteiger partial charge in [0.15, 0.2) is 11.9 Å². The highest BCUT2D eigenvalue weighted by Crippen LogP contribution is 2.33. The van der Waals surface area contributed by atoms with Gasteiger partial charge >= 0.3 is 0 Å². The van der Waals surface area contributed by atoms with E-state index in [1.54, 1.807) is 31.2 Å². The van der Waals surface area contributed by atoms with Gasteiger partial charge in [-0.05, 0) is 67.4 Å². The number of ether oxygens (including phenoxy) is 2. The Morgan fingerprint density at radius 3 is 2.26 bits per heavy atom. The van der Waals surface area contributed by atoms with Gasteiger partial charge in [-0.25, -0.2) is 8.42 Å². The Kier molecular flexibility index (Phi) is 8.41. The Morgan fingerprint density at radius 2 is 1.62 bits per heavy atom. The minimum Gasteiger partial charge on any atom is -0.481 e. The number of sulfonamides is 1. The molecule has 0 heterocycles. The Labute approximate surface area is 205 Å². The molecule has 0 saturated carbocycles. The predicted molar refractivity (Wildman–Crippen MR) is 133 cm³/mol. The van der Waals surface area contributed by atoms with E-state index < -0.39 is 16.1 Å². The fourth-order valence-corrected chi connectivity index (χ4v) is 4.13. The van der Waals surface area contributed by atoms with Crippen molar-refractivity contribution in [2.24, 2.45) is 5.92 Å². The molecule has 0 aliphatic carbocycles. The monoisotopic (exact) mass is 502 g/mol. The van der Waals surface area contributed by atoms with E-state index in [1.165, 1.54) is 30.3 Å². The van der Waals surface area contributed by atoms with E-state index in [0.29, 0.717) is 34.7 Å². The van der Waals surface area contributed by atoms with Crippen LogP contribution in [-0.2, 0) is 14.8 Å². The van der Waals surface area contributed by atoms with E-state index in [4.69, 9.17) is 21.1 Å². The number of halogens is 1. The number of rotatable bonds is 10. The number of carbonyl (C=O) groups excluding carboxylic acids is 1. The molecule has 3 rings (SSSR count). The SMILES string of the molecule is CC(C)CNC(=O)[C@@H](C)Oc1ccc(S(=O)(=O)Nc2cc(Cl)ccc2Oc2ccccc2)cc1. The molecule has 7 nitrogen and oxygen atoms in total. The predicted octanol–water partition coefficient (Wildman–Crippen LogP) is 5.47. The van der Waals surface area contributed by atoms with E-state index in [2.05, 4.69) is 10.0 Å². The number of nitrogens with one attached hydrogen (secondary N) is 2. The van der Waals surface area contributed by atoms with E-state index in [1.807, 2.05) is 32.0 Å². The van der Waals surface area contributed by atoms with Crippen molar-refractivity contribution in [3.05, 3.63) is 77.8 Å². The van der Waals surface area contributed by atoms with Gasteiger partial charge in [-0.3, -0.25) is 9.52 Å². The van der Waals surface area contributed by atoms with Crippen LogP contribution in [0, 0.1) is 5.92 Å². The Balaban J connectivity index is 1.72. The molecular weight excluding hydrogens is 476 g/mol. The number of hydrogen-bond acceptors (Lipinski definition) is 5. The van der Waals surface area contributed by atoms with Crippen LogP contribution in [0.2, 0.25) is 5.02 Å². The first-order valence-corrected chi connectivity index (χ1v) is 12.6. The molecule has 1 atom stereocenters. The first kappa shape index (κ1) is 25.4. The maximum Gasteiger partial charge on any atom is 0.262 e. The van der Waals surface area contributed by atoms with Gasteiger partial charge in [0.05, 0.1) is 10.6 Å². The lowest BCUT2D eigenvalue weighted by Crippen LogP contribution is -2.38. The highest BCUT2D eigenvalue weighted by Gasteiger charge is 2.19. The summed E-state index contributed by atoms with van der Waals surface area (Å²) >= 11 is 6.09. The van der Waals surface area contributed by atoms with Crippen molar-refractivity contribution < 1.29 is 22.7 Å². The maximum atomic E-state index is 13.0. The zero-order chi connectivity index (χ0) is 24.7. The molecule has 0 bridgehead atoms. The molecular formula is C25H27ClN2O5S. The molecule has 0 aliphatic heterocycles. The van der Waals surface area contributed by atoms with Crippen LogP contribution in [0.25, 0.3) is 0 Å². The van der Waals surface area contributed by atoms with Crippen LogP contribution in [0.3, 0.4) is 0 Å². The van der Waals surface area contributed by atoms with Crippen LogP contribution in [-0.4, -0.2) is 27.0 Å². The van der Waals surface area contributed by atoms with Crippen molar-refractivity contribution in [1.82, 2.24) is 5.32 Å². The van der Waals surface area contributed by atoms with Crippen molar-refractivity contribution >= 4 is 33.2 Å². The summed E-state index contributed by atoms with van der Waals surface area (Å²) in [6.07, 6.45) is -0.719. The van der Waals surface area contributed by atoms with Gasteiger partial charge in [0.2, 0.25) is 0 Å². The summed E-state index contributed by atoms with van der Waals surface area (Å²) in [5, 5.41) is 3.15. The summed E-state index contributed by atoms with van der Waals surface area (Å²) in [4.78, 5) is 12.1. The molecule has 0 aliphatic rings. The number of amides is 1. The number of benzene rings is 3. The molecule has 0 spiro atoms.